The Hall–Kier alpha value is -0.710. The minimum Gasteiger partial charge on any atom is -0.388 e. The van der Waals surface area contributed by atoms with Crippen molar-refractivity contribution in [2.45, 2.75) is 6.42 Å². The van der Waals surface area contributed by atoms with Crippen LogP contribution in [-0.4, -0.2) is 21.0 Å². The largest absolute Gasteiger partial charge is 0.388 e. The summed E-state index contributed by atoms with van der Waals surface area (Å²) >= 11 is 5.95. The molecule has 1 N–H and O–H groups in total. The van der Waals surface area contributed by atoms with Gasteiger partial charge in [0.25, 0.3) is 0 Å². The number of thioether (sulfide) groups is 1. The second-order valence-corrected chi connectivity index (χ2v) is 4.57. The van der Waals surface area contributed by atoms with Crippen LogP contribution in [-0.2, 0) is 11.2 Å². The highest BCUT2D eigenvalue weighted by molar-refractivity contribution is 8.33. The Morgan fingerprint density at radius 1 is 1.36 bits per heavy atom. The predicted octanol–water partition coefficient (Wildman–Crippen LogP) is 1.81. The summed E-state index contributed by atoms with van der Waals surface area (Å²) in [4.78, 5) is 10.8. The van der Waals surface area contributed by atoms with Gasteiger partial charge in [0.15, 0.2) is 0 Å². The average Bonchev–Trinajstić information content (AvgIpc) is 2.19. The highest BCUT2D eigenvalue weighted by Crippen LogP contribution is 2.11. The summed E-state index contributed by atoms with van der Waals surface area (Å²) in [5.74, 6) is 0. The molecule has 1 aromatic carbocycles. The van der Waals surface area contributed by atoms with E-state index in [0.29, 0.717) is 10.6 Å². The topological polar surface area (TPSA) is 37.3 Å². The molecule has 0 heterocycles. The number of carbonyl (C=O) groups is 1. The number of hydrogen-bond acceptors (Lipinski definition) is 4. The predicted molar refractivity (Wildman–Crippen MR) is 62.4 cm³/mol. The van der Waals surface area contributed by atoms with Crippen molar-refractivity contribution < 1.29 is 9.90 Å². The van der Waals surface area contributed by atoms with Gasteiger partial charge in [-0.25, -0.2) is 0 Å². The van der Waals surface area contributed by atoms with Gasteiger partial charge in [0, 0.05) is 6.42 Å². The highest BCUT2D eigenvalue weighted by atomic mass is 32.2. The lowest BCUT2D eigenvalue weighted by Crippen LogP contribution is -2.04. The first-order chi connectivity index (χ1) is 6.72. The number of carbonyl (C=O) groups excluding carboxylic acids is 1. The SMILES string of the molecule is O=C(CO)SC(=S)Cc1ccccc1. The first-order valence-corrected chi connectivity index (χ1v) is 5.33. The zero-order valence-corrected chi connectivity index (χ0v) is 9.11. The molecule has 2 nitrogen and oxygen atoms in total. The minimum atomic E-state index is -0.459. The number of hydrogen-bond donors (Lipinski definition) is 1. The van der Waals surface area contributed by atoms with Gasteiger partial charge in [0.05, 0.1) is 4.20 Å². The lowest BCUT2D eigenvalue weighted by Gasteiger charge is -2.01. The molecule has 1 aromatic rings. The van der Waals surface area contributed by atoms with Crippen LogP contribution >= 0.6 is 24.0 Å². The third-order valence-corrected chi connectivity index (χ3v) is 2.67. The fraction of sp³-hybridized carbons (Fsp3) is 0.200. The van der Waals surface area contributed by atoms with Crippen molar-refractivity contribution in [3.63, 3.8) is 0 Å². The maximum atomic E-state index is 10.8. The van der Waals surface area contributed by atoms with Crippen LogP contribution < -0.4 is 0 Å². The van der Waals surface area contributed by atoms with E-state index in [-0.39, 0.29) is 5.12 Å². The molecule has 0 aromatic heterocycles. The molecule has 0 fully saturated rings. The third-order valence-electron chi connectivity index (χ3n) is 1.55. The standard InChI is InChI=1S/C10H10O2S2/c11-7-9(12)14-10(13)6-8-4-2-1-3-5-8/h1-5,11H,6-7H2. The van der Waals surface area contributed by atoms with Gasteiger partial charge in [-0.2, -0.15) is 0 Å². The third kappa shape index (κ3) is 4.00. The fourth-order valence-corrected chi connectivity index (χ4v) is 1.96. The molecule has 0 saturated carbocycles. The van der Waals surface area contributed by atoms with Crippen molar-refractivity contribution in [2.24, 2.45) is 0 Å². The Labute approximate surface area is 92.3 Å². The molecule has 0 spiro atoms. The van der Waals surface area contributed by atoms with E-state index in [0.717, 1.165) is 17.3 Å². The van der Waals surface area contributed by atoms with Crippen LogP contribution in [0.2, 0.25) is 0 Å². The fourth-order valence-electron chi connectivity index (χ4n) is 0.958. The molecule has 0 unspecified atom stereocenters. The van der Waals surface area contributed by atoms with Crippen molar-refractivity contribution in [1.29, 1.82) is 0 Å². The maximum Gasteiger partial charge on any atom is 0.219 e. The van der Waals surface area contributed by atoms with E-state index in [1.54, 1.807) is 0 Å². The maximum absolute atomic E-state index is 10.8. The Kier molecular flexibility index (Phi) is 4.79. The van der Waals surface area contributed by atoms with Gasteiger partial charge in [0.2, 0.25) is 5.12 Å². The van der Waals surface area contributed by atoms with E-state index in [9.17, 15) is 4.79 Å². The molecule has 0 atom stereocenters. The second kappa shape index (κ2) is 5.90. The van der Waals surface area contributed by atoms with E-state index in [1.807, 2.05) is 30.3 Å². The molecule has 0 aliphatic rings. The summed E-state index contributed by atoms with van der Waals surface area (Å²) in [5.41, 5.74) is 1.08. The zero-order valence-electron chi connectivity index (χ0n) is 7.47. The van der Waals surface area contributed by atoms with E-state index >= 15 is 0 Å². The molecule has 0 aliphatic carbocycles. The average molecular weight is 226 g/mol. The number of aliphatic hydroxyl groups excluding tert-OH is 1. The monoisotopic (exact) mass is 226 g/mol. The lowest BCUT2D eigenvalue weighted by molar-refractivity contribution is -0.113. The Bertz CT molecular complexity index is 322. The second-order valence-electron chi connectivity index (χ2n) is 2.67. The molecular weight excluding hydrogens is 216 g/mol. The quantitative estimate of drug-likeness (QED) is 0.798. The highest BCUT2D eigenvalue weighted by Gasteiger charge is 2.05. The summed E-state index contributed by atoms with van der Waals surface area (Å²) < 4.78 is 0.593. The molecule has 0 saturated heterocycles. The summed E-state index contributed by atoms with van der Waals surface area (Å²) in [6.45, 7) is -0.459. The van der Waals surface area contributed by atoms with E-state index in [2.05, 4.69) is 0 Å². The normalized spacial score (nSPS) is 9.79. The summed E-state index contributed by atoms with van der Waals surface area (Å²) in [7, 11) is 0. The van der Waals surface area contributed by atoms with Gasteiger partial charge >= 0.3 is 0 Å². The van der Waals surface area contributed by atoms with Gasteiger partial charge in [-0.05, 0) is 17.3 Å². The molecule has 1 rings (SSSR count). The van der Waals surface area contributed by atoms with E-state index in [1.165, 1.54) is 0 Å². The Balaban J connectivity index is 2.46. The van der Waals surface area contributed by atoms with Crippen LogP contribution in [0.1, 0.15) is 5.56 Å². The smallest absolute Gasteiger partial charge is 0.219 e. The minimum absolute atomic E-state index is 0.300. The van der Waals surface area contributed by atoms with Gasteiger partial charge < -0.3 is 5.11 Å². The molecule has 4 heteroatoms. The molecule has 0 radical (unpaired) electrons. The van der Waals surface area contributed by atoms with Crippen LogP contribution in [0.25, 0.3) is 0 Å². The molecule has 0 amide bonds. The first-order valence-electron chi connectivity index (χ1n) is 4.10. The van der Waals surface area contributed by atoms with Crippen LogP contribution in [0.15, 0.2) is 30.3 Å². The summed E-state index contributed by atoms with van der Waals surface area (Å²) in [5, 5.41) is 8.22. The van der Waals surface area contributed by atoms with Crippen molar-refractivity contribution >= 4 is 33.3 Å². The number of thiocarbonyl (C=S) groups is 1. The lowest BCUT2D eigenvalue weighted by atomic mass is 10.2. The van der Waals surface area contributed by atoms with Gasteiger partial charge in [-0.1, -0.05) is 42.5 Å². The Morgan fingerprint density at radius 2 is 2.00 bits per heavy atom. The van der Waals surface area contributed by atoms with Crippen LogP contribution in [0.4, 0.5) is 0 Å². The summed E-state index contributed by atoms with van der Waals surface area (Å²) in [6.07, 6.45) is 0.590. The number of aliphatic hydroxyl groups is 1. The number of benzene rings is 1. The molecule has 0 bridgehead atoms. The molecular formula is C10H10O2S2. The first kappa shape index (κ1) is 11.4. The number of rotatable bonds is 3. The molecule has 14 heavy (non-hydrogen) atoms. The van der Waals surface area contributed by atoms with Crippen molar-refractivity contribution in [3.8, 4) is 0 Å². The van der Waals surface area contributed by atoms with Gasteiger partial charge in [0.1, 0.15) is 6.61 Å². The summed E-state index contributed by atoms with van der Waals surface area (Å²) in [6, 6.07) is 9.69. The van der Waals surface area contributed by atoms with E-state index in [4.69, 9.17) is 17.3 Å². The Morgan fingerprint density at radius 3 is 2.57 bits per heavy atom. The zero-order chi connectivity index (χ0) is 10.4. The van der Waals surface area contributed by atoms with Crippen LogP contribution in [0.5, 0.6) is 0 Å². The molecule has 0 aliphatic heterocycles. The van der Waals surface area contributed by atoms with Gasteiger partial charge in [-0.3, -0.25) is 4.79 Å². The van der Waals surface area contributed by atoms with Crippen LogP contribution in [0.3, 0.4) is 0 Å². The van der Waals surface area contributed by atoms with Crippen molar-refractivity contribution in [2.75, 3.05) is 6.61 Å². The molecule has 74 valence electrons. The van der Waals surface area contributed by atoms with Gasteiger partial charge in [-0.15, -0.1) is 0 Å². The van der Waals surface area contributed by atoms with Crippen LogP contribution in [0, 0.1) is 0 Å². The van der Waals surface area contributed by atoms with E-state index < -0.39 is 6.61 Å². The van der Waals surface area contributed by atoms with Crippen molar-refractivity contribution in [3.05, 3.63) is 35.9 Å². The van der Waals surface area contributed by atoms with Crippen molar-refractivity contribution in [1.82, 2.24) is 0 Å².